The van der Waals surface area contributed by atoms with Gasteiger partial charge >= 0.3 is 0 Å². The Balaban J connectivity index is 0. The molecule has 0 fully saturated rings. The second-order valence-corrected chi connectivity index (χ2v) is 1.51. The van der Waals surface area contributed by atoms with Gasteiger partial charge in [-0.1, -0.05) is 33.8 Å². The minimum Gasteiger partial charge on any atom is -0.391 e. The van der Waals surface area contributed by atoms with Gasteiger partial charge in [0.2, 0.25) is 0 Å². The summed E-state index contributed by atoms with van der Waals surface area (Å²) in [6, 6.07) is 0. The van der Waals surface area contributed by atoms with Gasteiger partial charge in [0, 0.05) is 6.54 Å². The van der Waals surface area contributed by atoms with Crippen molar-refractivity contribution >= 4 is 0 Å². The molecular weight excluding hydrogens is 110 g/mol. The fourth-order valence-corrected chi connectivity index (χ4v) is 0.381. The molecule has 56 valence electrons. The molecule has 0 aliphatic carbocycles. The van der Waals surface area contributed by atoms with E-state index in [4.69, 9.17) is 0 Å². The topological polar surface area (TPSA) is 12.0 Å². The van der Waals surface area contributed by atoms with Crippen molar-refractivity contribution in [3.05, 3.63) is 12.8 Å². The lowest BCUT2D eigenvalue weighted by atomic mass is 10.3. The molecule has 0 heterocycles. The van der Waals surface area contributed by atoms with Crippen LogP contribution in [0, 0.1) is 0 Å². The van der Waals surface area contributed by atoms with Gasteiger partial charge < -0.3 is 5.32 Å². The van der Waals surface area contributed by atoms with Crippen molar-refractivity contribution in [1.82, 2.24) is 5.32 Å². The summed E-state index contributed by atoms with van der Waals surface area (Å²) in [5.74, 6) is 0. The van der Waals surface area contributed by atoms with Crippen molar-refractivity contribution < 1.29 is 0 Å². The van der Waals surface area contributed by atoms with Crippen molar-refractivity contribution in [3.8, 4) is 0 Å². The van der Waals surface area contributed by atoms with Crippen LogP contribution in [0.15, 0.2) is 12.8 Å². The van der Waals surface area contributed by atoms with Gasteiger partial charge in [-0.2, -0.15) is 0 Å². The molecule has 0 spiro atoms. The average Bonchev–Trinajstić information content (AvgIpc) is 1.94. The van der Waals surface area contributed by atoms with Crippen LogP contribution in [0.5, 0.6) is 0 Å². The molecule has 1 heteroatoms. The highest BCUT2D eigenvalue weighted by Crippen LogP contribution is 1.80. The molecule has 0 aromatic rings. The monoisotopic (exact) mass is 129 g/mol. The van der Waals surface area contributed by atoms with Crippen LogP contribution in [0.2, 0.25) is 0 Å². The van der Waals surface area contributed by atoms with E-state index in [0.29, 0.717) is 0 Å². The number of nitrogens with one attached hydrogen (secondary N) is 1. The minimum atomic E-state index is 1.07. The lowest BCUT2D eigenvalue weighted by Crippen LogP contribution is -2.04. The molecule has 0 bridgehead atoms. The largest absolute Gasteiger partial charge is 0.391 e. The molecule has 1 N–H and O–H groups in total. The quantitative estimate of drug-likeness (QED) is 0.575. The summed E-state index contributed by atoms with van der Waals surface area (Å²) in [7, 11) is 0. The average molecular weight is 129 g/mol. The first kappa shape index (κ1) is 11.4. The Morgan fingerprint density at radius 1 is 1.44 bits per heavy atom. The lowest BCUT2D eigenvalue weighted by Gasteiger charge is -1.93. The Morgan fingerprint density at radius 3 is 2.33 bits per heavy atom. The highest BCUT2D eigenvalue weighted by atomic mass is 14.8. The Bertz CT molecular complexity index is 41.8. The summed E-state index contributed by atoms with van der Waals surface area (Å²) in [5, 5.41) is 3.01. The molecule has 0 unspecified atom stereocenters. The number of unbranched alkanes of at least 4 members (excludes halogenated alkanes) is 1. The van der Waals surface area contributed by atoms with Gasteiger partial charge in [-0.15, -0.1) is 0 Å². The van der Waals surface area contributed by atoms with Crippen molar-refractivity contribution in [2.45, 2.75) is 33.6 Å². The van der Waals surface area contributed by atoms with Crippen LogP contribution in [-0.2, 0) is 0 Å². The summed E-state index contributed by atoms with van der Waals surface area (Å²) < 4.78 is 0. The van der Waals surface area contributed by atoms with Crippen molar-refractivity contribution in [2.75, 3.05) is 6.54 Å². The van der Waals surface area contributed by atoms with Crippen molar-refractivity contribution in [1.29, 1.82) is 0 Å². The van der Waals surface area contributed by atoms with E-state index >= 15 is 0 Å². The standard InChI is InChI=1S/C6H13N.C2H6/c1-3-5-6-7-4-2;1-2/h4,7H,2-3,5-6H2,1H3;1-2H3. The number of hydrogen-bond acceptors (Lipinski definition) is 1. The SMILES string of the molecule is C=CNCCCC.CC. The molecule has 0 radical (unpaired) electrons. The molecule has 0 saturated heterocycles. The molecule has 9 heavy (non-hydrogen) atoms. The lowest BCUT2D eigenvalue weighted by molar-refractivity contribution is 0.736. The third-order valence-electron chi connectivity index (χ3n) is 0.819. The molecule has 0 aromatic carbocycles. The maximum Gasteiger partial charge on any atom is 0.0141 e. The first-order valence-corrected chi connectivity index (χ1v) is 3.76. The summed E-state index contributed by atoms with van der Waals surface area (Å²) in [5.41, 5.74) is 0. The van der Waals surface area contributed by atoms with Crippen LogP contribution in [0.1, 0.15) is 33.6 Å². The minimum absolute atomic E-state index is 1.07. The zero-order chi connectivity index (χ0) is 7.54. The summed E-state index contributed by atoms with van der Waals surface area (Å²) in [6.07, 6.45) is 4.22. The van der Waals surface area contributed by atoms with Crippen LogP contribution in [-0.4, -0.2) is 6.54 Å². The molecule has 1 nitrogen and oxygen atoms in total. The number of hydrogen-bond donors (Lipinski definition) is 1. The first-order chi connectivity index (χ1) is 4.41. The van der Waals surface area contributed by atoms with E-state index in [-0.39, 0.29) is 0 Å². The number of rotatable bonds is 4. The van der Waals surface area contributed by atoms with Gasteiger partial charge in [0.25, 0.3) is 0 Å². The fraction of sp³-hybridized carbons (Fsp3) is 0.750. The normalized spacial score (nSPS) is 7.00. The Hall–Kier alpha value is -0.460. The molecule has 0 atom stereocenters. The first-order valence-electron chi connectivity index (χ1n) is 3.76. The molecule has 0 aliphatic heterocycles. The molecule has 0 aliphatic rings. The predicted molar refractivity (Wildman–Crippen MR) is 44.5 cm³/mol. The summed E-state index contributed by atoms with van der Waals surface area (Å²) in [6.45, 7) is 10.8. The van der Waals surface area contributed by atoms with E-state index in [1.54, 1.807) is 6.20 Å². The Morgan fingerprint density at radius 2 is 2.00 bits per heavy atom. The second-order valence-electron chi connectivity index (χ2n) is 1.51. The van der Waals surface area contributed by atoms with Gasteiger partial charge in [0.1, 0.15) is 0 Å². The molecule has 0 saturated carbocycles. The Kier molecular flexibility index (Phi) is 19.7. The van der Waals surface area contributed by atoms with Crippen LogP contribution in [0.25, 0.3) is 0 Å². The third kappa shape index (κ3) is 18.5. The summed E-state index contributed by atoms with van der Waals surface area (Å²) >= 11 is 0. The predicted octanol–water partition coefficient (Wildman–Crippen LogP) is 2.55. The van der Waals surface area contributed by atoms with Crippen LogP contribution >= 0.6 is 0 Å². The van der Waals surface area contributed by atoms with Gasteiger partial charge in [-0.05, 0) is 12.6 Å². The second kappa shape index (κ2) is 15.6. The van der Waals surface area contributed by atoms with E-state index < -0.39 is 0 Å². The molecule has 0 aromatic heterocycles. The smallest absolute Gasteiger partial charge is 0.0141 e. The molecule has 0 amide bonds. The van der Waals surface area contributed by atoms with E-state index in [0.717, 1.165) is 6.54 Å². The van der Waals surface area contributed by atoms with E-state index in [9.17, 15) is 0 Å². The zero-order valence-corrected chi connectivity index (χ0v) is 6.91. The van der Waals surface area contributed by atoms with Gasteiger partial charge in [0.05, 0.1) is 0 Å². The van der Waals surface area contributed by atoms with E-state index in [1.165, 1.54) is 12.8 Å². The van der Waals surface area contributed by atoms with Crippen LogP contribution in [0.3, 0.4) is 0 Å². The van der Waals surface area contributed by atoms with E-state index in [1.807, 2.05) is 13.8 Å². The van der Waals surface area contributed by atoms with Crippen molar-refractivity contribution in [2.24, 2.45) is 0 Å². The van der Waals surface area contributed by atoms with Crippen LogP contribution < -0.4 is 5.32 Å². The highest BCUT2D eigenvalue weighted by molar-refractivity contribution is 4.61. The van der Waals surface area contributed by atoms with Crippen molar-refractivity contribution in [3.63, 3.8) is 0 Å². The van der Waals surface area contributed by atoms with Gasteiger partial charge in [-0.25, -0.2) is 0 Å². The zero-order valence-electron chi connectivity index (χ0n) is 6.91. The maximum absolute atomic E-state index is 3.52. The Labute approximate surface area is 59.2 Å². The highest BCUT2D eigenvalue weighted by Gasteiger charge is 1.74. The van der Waals surface area contributed by atoms with Gasteiger partial charge in [-0.3, -0.25) is 0 Å². The fourth-order valence-electron chi connectivity index (χ4n) is 0.381. The third-order valence-corrected chi connectivity index (χ3v) is 0.819. The van der Waals surface area contributed by atoms with E-state index in [2.05, 4.69) is 18.8 Å². The van der Waals surface area contributed by atoms with Crippen LogP contribution in [0.4, 0.5) is 0 Å². The molecule has 0 rings (SSSR count). The summed E-state index contributed by atoms with van der Waals surface area (Å²) in [4.78, 5) is 0. The van der Waals surface area contributed by atoms with Gasteiger partial charge in [0.15, 0.2) is 0 Å². The molecular formula is C8H19N. The maximum atomic E-state index is 3.52.